The van der Waals surface area contributed by atoms with E-state index < -0.39 is 6.29 Å². The van der Waals surface area contributed by atoms with Crippen LogP contribution in [-0.2, 0) is 9.59 Å². The second-order valence-corrected chi connectivity index (χ2v) is 9.32. The van der Waals surface area contributed by atoms with Gasteiger partial charge in [0, 0.05) is 23.0 Å². The van der Waals surface area contributed by atoms with Gasteiger partial charge in [0.25, 0.3) is 5.91 Å². The predicted octanol–water partition coefficient (Wildman–Crippen LogP) is 4.12. The molecule has 1 heterocycles. The number of carbonyl (C=O) groups excluding carboxylic acids is 2. The Morgan fingerprint density at radius 2 is 1.58 bits per heavy atom. The molecule has 4 aliphatic rings. The summed E-state index contributed by atoms with van der Waals surface area (Å²) in [6, 6.07) is 10.8. The zero-order chi connectivity index (χ0) is 23.3. The van der Waals surface area contributed by atoms with Crippen LogP contribution in [0, 0.1) is 5.41 Å². The fraction of sp³-hybridized carbons (Fsp3) is 0.391. The smallest absolute Gasteiger partial charge is 0.486 e. The number of ketones is 1. The van der Waals surface area contributed by atoms with Gasteiger partial charge in [0.1, 0.15) is 18.1 Å². The number of fused-ring (bicyclic) bond motifs is 1. The minimum absolute atomic E-state index is 0.0848. The Bertz CT molecular complexity index is 1090. The van der Waals surface area contributed by atoms with E-state index in [1.54, 1.807) is 24.3 Å². The molecule has 0 saturated heterocycles. The van der Waals surface area contributed by atoms with E-state index in [2.05, 4.69) is 14.8 Å². The van der Waals surface area contributed by atoms with E-state index in [0.29, 0.717) is 17.2 Å². The van der Waals surface area contributed by atoms with E-state index in [4.69, 9.17) is 21.1 Å². The van der Waals surface area contributed by atoms with Crippen LogP contribution in [0.1, 0.15) is 25.7 Å². The number of amides is 1. The van der Waals surface area contributed by atoms with Crippen molar-refractivity contribution in [3.63, 3.8) is 0 Å². The molecule has 0 spiro atoms. The molecule has 3 fully saturated rings. The van der Waals surface area contributed by atoms with Crippen molar-refractivity contribution in [1.29, 1.82) is 0 Å². The maximum atomic E-state index is 13.1. The van der Waals surface area contributed by atoms with E-state index >= 15 is 0 Å². The highest BCUT2D eigenvalue weighted by Gasteiger charge is 2.68. The molecule has 33 heavy (non-hydrogen) atoms. The van der Waals surface area contributed by atoms with Crippen molar-refractivity contribution in [1.82, 2.24) is 5.32 Å². The molecule has 2 bridgehead atoms. The van der Waals surface area contributed by atoms with E-state index in [-0.39, 0.29) is 53.1 Å². The van der Waals surface area contributed by atoms with Gasteiger partial charge < -0.3 is 24.3 Å². The van der Waals surface area contributed by atoms with E-state index in [0.717, 1.165) is 19.3 Å². The molecule has 0 radical (unpaired) electrons. The molecule has 6 rings (SSSR count). The summed E-state index contributed by atoms with van der Waals surface area (Å²) >= 11 is 5.82. The summed E-state index contributed by atoms with van der Waals surface area (Å²) in [5.41, 5.74) is -0.369. The molecule has 2 aromatic rings. The van der Waals surface area contributed by atoms with Gasteiger partial charge in [-0.15, -0.1) is 8.78 Å². The number of benzene rings is 2. The number of carbonyl (C=O) groups is 2. The Kier molecular flexibility index (Phi) is 5.12. The van der Waals surface area contributed by atoms with E-state index in [1.807, 2.05) is 0 Å². The number of rotatable bonds is 9. The van der Waals surface area contributed by atoms with Crippen molar-refractivity contribution in [2.75, 3.05) is 13.2 Å². The first-order chi connectivity index (χ1) is 15.6. The minimum Gasteiger partial charge on any atom is -0.486 e. The van der Waals surface area contributed by atoms with Gasteiger partial charge in [-0.05, 0) is 61.1 Å². The van der Waals surface area contributed by atoms with Crippen LogP contribution in [-0.4, -0.2) is 36.7 Å². The largest absolute Gasteiger partial charge is 0.586 e. The molecule has 0 unspecified atom stereocenters. The lowest BCUT2D eigenvalue weighted by Crippen LogP contribution is -2.75. The Morgan fingerprint density at radius 1 is 0.939 bits per heavy atom. The first kappa shape index (κ1) is 21.8. The maximum absolute atomic E-state index is 13.1. The molecule has 10 heteroatoms. The zero-order valence-electron chi connectivity index (χ0n) is 17.4. The van der Waals surface area contributed by atoms with Crippen LogP contribution in [0.3, 0.4) is 0 Å². The molecule has 1 N–H and O–H groups in total. The average molecular weight is 480 g/mol. The highest BCUT2D eigenvalue weighted by atomic mass is 35.5. The lowest BCUT2D eigenvalue weighted by molar-refractivity contribution is -0.286. The SMILES string of the molecule is O=C(COc1ccc2c(c1)OC(F)(F)O2)CC12CC(NC(=O)COc3ccc(Cl)cc3)(C1)C2. The van der Waals surface area contributed by atoms with Crippen molar-refractivity contribution in [3.05, 3.63) is 47.5 Å². The Morgan fingerprint density at radius 3 is 2.30 bits per heavy atom. The van der Waals surface area contributed by atoms with Crippen LogP contribution in [0.4, 0.5) is 8.78 Å². The molecule has 0 aromatic heterocycles. The third-order valence-electron chi connectivity index (χ3n) is 6.07. The summed E-state index contributed by atoms with van der Waals surface area (Å²) in [6.45, 7) is -0.267. The number of ether oxygens (including phenoxy) is 4. The molecule has 2 aromatic carbocycles. The quantitative estimate of drug-likeness (QED) is 0.582. The Hall–Kier alpha value is -3.07. The van der Waals surface area contributed by atoms with Gasteiger partial charge in [-0.3, -0.25) is 9.59 Å². The summed E-state index contributed by atoms with van der Waals surface area (Å²) in [5, 5.41) is 3.60. The monoisotopic (exact) mass is 479 g/mol. The second-order valence-electron chi connectivity index (χ2n) is 8.88. The van der Waals surface area contributed by atoms with Crippen molar-refractivity contribution < 1.29 is 37.3 Å². The van der Waals surface area contributed by atoms with Gasteiger partial charge in [-0.2, -0.15) is 0 Å². The highest BCUT2D eigenvalue weighted by molar-refractivity contribution is 6.30. The van der Waals surface area contributed by atoms with E-state index in [1.165, 1.54) is 18.2 Å². The first-order valence-electron chi connectivity index (χ1n) is 10.4. The zero-order valence-corrected chi connectivity index (χ0v) is 18.1. The number of nitrogens with one attached hydrogen (secondary N) is 1. The molecule has 7 nitrogen and oxygen atoms in total. The third-order valence-corrected chi connectivity index (χ3v) is 6.33. The molecule has 1 aliphatic heterocycles. The van der Waals surface area contributed by atoms with Gasteiger partial charge in [0.05, 0.1) is 0 Å². The normalized spacial score (nSPS) is 25.4. The van der Waals surface area contributed by atoms with Gasteiger partial charge in [-0.1, -0.05) is 11.6 Å². The molecule has 174 valence electrons. The van der Waals surface area contributed by atoms with Crippen LogP contribution < -0.4 is 24.3 Å². The molecule has 3 saturated carbocycles. The first-order valence-corrected chi connectivity index (χ1v) is 10.8. The summed E-state index contributed by atoms with van der Waals surface area (Å²) in [4.78, 5) is 24.6. The number of alkyl halides is 2. The Balaban J connectivity index is 1.03. The van der Waals surface area contributed by atoms with Gasteiger partial charge in [0.15, 0.2) is 23.9 Å². The minimum atomic E-state index is -3.70. The van der Waals surface area contributed by atoms with Crippen molar-refractivity contribution >= 4 is 23.3 Å². The number of halogens is 3. The Labute approximate surface area is 192 Å². The maximum Gasteiger partial charge on any atom is 0.586 e. The summed E-state index contributed by atoms with van der Waals surface area (Å²) < 4.78 is 45.8. The fourth-order valence-electron chi connectivity index (χ4n) is 4.98. The number of hydrogen-bond donors (Lipinski definition) is 1. The van der Waals surface area contributed by atoms with Crippen molar-refractivity contribution in [3.8, 4) is 23.0 Å². The van der Waals surface area contributed by atoms with Crippen molar-refractivity contribution in [2.24, 2.45) is 5.41 Å². The van der Waals surface area contributed by atoms with Gasteiger partial charge >= 0.3 is 6.29 Å². The van der Waals surface area contributed by atoms with Crippen LogP contribution in [0.15, 0.2) is 42.5 Å². The van der Waals surface area contributed by atoms with Crippen LogP contribution in [0.25, 0.3) is 0 Å². The summed E-state index contributed by atoms with van der Waals surface area (Å²) in [7, 11) is 0. The molecule has 1 amide bonds. The van der Waals surface area contributed by atoms with Crippen LogP contribution in [0.5, 0.6) is 23.0 Å². The molecular formula is C23H20ClF2NO6. The second kappa shape index (κ2) is 7.76. The average Bonchev–Trinajstić information content (AvgIpc) is 3.02. The van der Waals surface area contributed by atoms with E-state index in [9.17, 15) is 18.4 Å². The number of Topliss-reactive ketones (excluding diaryl/α,β-unsaturated/α-hetero) is 1. The van der Waals surface area contributed by atoms with Crippen molar-refractivity contribution in [2.45, 2.75) is 37.5 Å². The standard InChI is InChI=1S/C23H20ClF2NO6/c24-14-1-3-16(4-2-14)31-10-20(29)27-22-11-21(12-22,13-22)8-15(28)9-30-17-5-6-18-19(7-17)33-23(25,26)32-18/h1-7H,8-13H2,(H,27,29). The lowest BCUT2D eigenvalue weighted by Gasteiger charge is -2.70. The van der Waals surface area contributed by atoms with Gasteiger partial charge in [0.2, 0.25) is 0 Å². The molecule has 0 atom stereocenters. The lowest BCUT2D eigenvalue weighted by atomic mass is 9.38. The highest BCUT2D eigenvalue weighted by Crippen LogP contribution is 2.69. The molecular weight excluding hydrogens is 460 g/mol. The molecule has 3 aliphatic carbocycles. The number of hydrogen-bond acceptors (Lipinski definition) is 6. The fourth-order valence-corrected chi connectivity index (χ4v) is 5.11. The predicted molar refractivity (Wildman–Crippen MR) is 112 cm³/mol. The third kappa shape index (κ3) is 4.55. The van der Waals surface area contributed by atoms with Crippen LogP contribution in [0.2, 0.25) is 5.02 Å². The van der Waals surface area contributed by atoms with Crippen LogP contribution >= 0.6 is 11.6 Å². The summed E-state index contributed by atoms with van der Waals surface area (Å²) in [6.07, 6.45) is -1.16. The topological polar surface area (TPSA) is 83.1 Å². The van der Waals surface area contributed by atoms with Gasteiger partial charge in [-0.25, -0.2) is 0 Å². The summed E-state index contributed by atoms with van der Waals surface area (Å²) in [5.74, 6) is 0.279.